The van der Waals surface area contributed by atoms with Crippen LogP contribution in [0.3, 0.4) is 0 Å². The van der Waals surface area contributed by atoms with E-state index in [4.69, 9.17) is 4.74 Å². The SMILES string of the molecule is CC1([C@@H]2COC[C@H]2O)C=C(Br)C=CC1. The Morgan fingerprint density at radius 3 is 2.93 bits per heavy atom. The first-order valence-corrected chi connectivity index (χ1v) is 5.72. The monoisotopic (exact) mass is 258 g/mol. The first-order chi connectivity index (χ1) is 6.62. The molecule has 1 N–H and O–H groups in total. The van der Waals surface area contributed by atoms with E-state index in [2.05, 4.69) is 41.1 Å². The fourth-order valence-electron chi connectivity index (χ4n) is 2.28. The van der Waals surface area contributed by atoms with Crippen molar-refractivity contribution in [2.75, 3.05) is 13.2 Å². The molecule has 1 aliphatic carbocycles. The molecule has 78 valence electrons. The average Bonchev–Trinajstić information content (AvgIpc) is 2.51. The number of rotatable bonds is 1. The molecule has 1 heterocycles. The van der Waals surface area contributed by atoms with Crippen molar-refractivity contribution in [1.82, 2.24) is 0 Å². The molecular formula is C11H15BrO2. The molecule has 0 spiro atoms. The molecule has 3 atom stereocenters. The van der Waals surface area contributed by atoms with E-state index in [1.807, 2.05) is 0 Å². The Balaban J connectivity index is 2.20. The Morgan fingerprint density at radius 2 is 2.36 bits per heavy atom. The molecule has 0 saturated carbocycles. The van der Waals surface area contributed by atoms with Crippen LogP contribution in [0.1, 0.15) is 13.3 Å². The summed E-state index contributed by atoms with van der Waals surface area (Å²) < 4.78 is 6.41. The van der Waals surface area contributed by atoms with E-state index >= 15 is 0 Å². The highest BCUT2D eigenvalue weighted by molar-refractivity contribution is 9.11. The van der Waals surface area contributed by atoms with Crippen LogP contribution in [0.25, 0.3) is 0 Å². The van der Waals surface area contributed by atoms with Crippen molar-refractivity contribution in [3.05, 3.63) is 22.7 Å². The van der Waals surface area contributed by atoms with Gasteiger partial charge in [0.25, 0.3) is 0 Å². The van der Waals surface area contributed by atoms with Gasteiger partial charge in [0.15, 0.2) is 0 Å². The number of allylic oxidation sites excluding steroid dienone is 4. The van der Waals surface area contributed by atoms with E-state index in [1.54, 1.807) is 0 Å². The van der Waals surface area contributed by atoms with Gasteiger partial charge in [0.05, 0.1) is 19.3 Å². The van der Waals surface area contributed by atoms with Crippen LogP contribution in [0.15, 0.2) is 22.7 Å². The van der Waals surface area contributed by atoms with Crippen LogP contribution in [0.5, 0.6) is 0 Å². The maximum absolute atomic E-state index is 9.80. The third-order valence-electron chi connectivity index (χ3n) is 3.20. The lowest BCUT2D eigenvalue weighted by molar-refractivity contribution is 0.0864. The van der Waals surface area contributed by atoms with Gasteiger partial charge in [0.2, 0.25) is 0 Å². The van der Waals surface area contributed by atoms with Gasteiger partial charge in [0, 0.05) is 10.4 Å². The minimum absolute atomic E-state index is 0.0313. The standard InChI is InChI=1S/C11H15BrO2/c1-11(4-2-3-8(12)5-11)9-6-14-7-10(9)13/h2-3,5,9-10,13H,4,6-7H2,1H3/t9-,10-,11?/m1/s1. The molecule has 1 aliphatic heterocycles. The van der Waals surface area contributed by atoms with Crippen molar-refractivity contribution >= 4 is 15.9 Å². The molecular weight excluding hydrogens is 244 g/mol. The molecule has 2 nitrogen and oxygen atoms in total. The van der Waals surface area contributed by atoms with Crippen LogP contribution in [0.4, 0.5) is 0 Å². The van der Waals surface area contributed by atoms with Gasteiger partial charge in [0.1, 0.15) is 0 Å². The molecule has 2 rings (SSSR count). The number of hydrogen-bond donors (Lipinski definition) is 1. The van der Waals surface area contributed by atoms with Gasteiger partial charge in [-0.25, -0.2) is 0 Å². The van der Waals surface area contributed by atoms with Crippen LogP contribution < -0.4 is 0 Å². The van der Waals surface area contributed by atoms with E-state index in [0.717, 1.165) is 10.9 Å². The maximum Gasteiger partial charge on any atom is 0.0832 e. The molecule has 0 aromatic rings. The fraction of sp³-hybridized carbons (Fsp3) is 0.636. The van der Waals surface area contributed by atoms with Gasteiger partial charge in [-0.2, -0.15) is 0 Å². The zero-order chi connectivity index (χ0) is 10.2. The van der Waals surface area contributed by atoms with Crippen molar-refractivity contribution in [2.24, 2.45) is 11.3 Å². The lowest BCUT2D eigenvalue weighted by Gasteiger charge is -2.34. The Morgan fingerprint density at radius 1 is 1.57 bits per heavy atom. The molecule has 0 bridgehead atoms. The summed E-state index contributed by atoms with van der Waals surface area (Å²) >= 11 is 3.48. The molecule has 0 amide bonds. The highest BCUT2D eigenvalue weighted by Gasteiger charge is 2.40. The van der Waals surface area contributed by atoms with Gasteiger partial charge in [-0.1, -0.05) is 41.1 Å². The smallest absolute Gasteiger partial charge is 0.0832 e. The normalized spacial score (nSPS) is 42.6. The van der Waals surface area contributed by atoms with Gasteiger partial charge < -0.3 is 9.84 Å². The van der Waals surface area contributed by atoms with Crippen molar-refractivity contribution in [1.29, 1.82) is 0 Å². The second-order valence-corrected chi connectivity index (χ2v) is 5.27. The third kappa shape index (κ3) is 1.81. The van der Waals surface area contributed by atoms with E-state index in [-0.39, 0.29) is 17.4 Å². The van der Waals surface area contributed by atoms with Crippen molar-refractivity contribution in [3.8, 4) is 0 Å². The fourth-order valence-corrected chi connectivity index (χ4v) is 2.99. The van der Waals surface area contributed by atoms with Crippen molar-refractivity contribution in [2.45, 2.75) is 19.4 Å². The Kier molecular flexibility index (Phi) is 2.82. The quantitative estimate of drug-likeness (QED) is 0.782. The third-order valence-corrected chi connectivity index (χ3v) is 3.69. The molecule has 0 radical (unpaired) electrons. The van der Waals surface area contributed by atoms with Gasteiger partial charge >= 0.3 is 0 Å². The lowest BCUT2D eigenvalue weighted by atomic mass is 9.71. The summed E-state index contributed by atoms with van der Waals surface area (Å²) in [5, 5.41) is 9.80. The summed E-state index contributed by atoms with van der Waals surface area (Å²) in [6.07, 6.45) is 7.06. The summed E-state index contributed by atoms with van der Waals surface area (Å²) in [5.41, 5.74) is 0.0313. The van der Waals surface area contributed by atoms with Gasteiger partial charge in [-0.05, 0) is 11.8 Å². The lowest BCUT2D eigenvalue weighted by Crippen LogP contribution is -2.34. The molecule has 0 aromatic heterocycles. The zero-order valence-electron chi connectivity index (χ0n) is 8.24. The van der Waals surface area contributed by atoms with E-state index in [0.29, 0.717) is 13.2 Å². The summed E-state index contributed by atoms with van der Waals surface area (Å²) in [5.74, 6) is 0.222. The number of aliphatic hydroxyl groups is 1. The molecule has 0 aromatic carbocycles. The largest absolute Gasteiger partial charge is 0.390 e. The van der Waals surface area contributed by atoms with Crippen molar-refractivity contribution in [3.63, 3.8) is 0 Å². The van der Waals surface area contributed by atoms with Crippen LogP contribution in [-0.2, 0) is 4.74 Å². The number of halogens is 1. The van der Waals surface area contributed by atoms with Gasteiger partial charge in [-0.3, -0.25) is 0 Å². The van der Waals surface area contributed by atoms with Crippen LogP contribution in [0.2, 0.25) is 0 Å². The Labute approximate surface area is 92.8 Å². The summed E-state index contributed by atoms with van der Waals surface area (Å²) in [6, 6.07) is 0. The predicted molar refractivity (Wildman–Crippen MR) is 59.2 cm³/mol. The molecule has 1 unspecified atom stereocenters. The highest BCUT2D eigenvalue weighted by atomic mass is 79.9. The van der Waals surface area contributed by atoms with Crippen LogP contribution in [0, 0.1) is 11.3 Å². The molecule has 2 aliphatic rings. The number of ether oxygens (including phenoxy) is 1. The van der Waals surface area contributed by atoms with Crippen molar-refractivity contribution < 1.29 is 9.84 Å². The summed E-state index contributed by atoms with van der Waals surface area (Å²) in [6.45, 7) is 3.33. The Hall–Kier alpha value is -0.120. The molecule has 14 heavy (non-hydrogen) atoms. The highest BCUT2D eigenvalue weighted by Crippen LogP contribution is 2.42. The van der Waals surface area contributed by atoms with E-state index in [1.165, 1.54) is 0 Å². The molecule has 3 heteroatoms. The topological polar surface area (TPSA) is 29.5 Å². The summed E-state index contributed by atoms with van der Waals surface area (Å²) in [7, 11) is 0. The summed E-state index contributed by atoms with van der Waals surface area (Å²) in [4.78, 5) is 0. The second kappa shape index (κ2) is 3.80. The number of aliphatic hydroxyl groups excluding tert-OH is 1. The van der Waals surface area contributed by atoms with Gasteiger partial charge in [-0.15, -0.1) is 0 Å². The van der Waals surface area contributed by atoms with E-state index in [9.17, 15) is 5.11 Å². The molecule has 1 fully saturated rings. The Bertz CT molecular complexity index is 285. The first-order valence-electron chi connectivity index (χ1n) is 4.92. The average molecular weight is 259 g/mol. The first kappa shape index (κ1) is 10.4. The maximum atomic E-state index is 9.80. The minimum atomic E-state index is -0.317. The van der Waals surface area contributed by atoms with E-state index < -0.39 is 0 Å². The second-order valence-electron chi connectivity index (χ2n) is 4.35. The van der Waals surface area contributed by atoms with Crippen LogP contribution in [-0.4, -0.2) is 24.4 Å². The predicted octanol–water partition coefficient (Wildman–Crippen LogP) is 2.24. The molecule has 1 saturated heterocycles. The number of hydrogen-bond acceptors (Lipinski definition) is 2. The minimum Gasteiger partial charge on any atom is -0.390 e. The van der Waals surface area contributed by atoms with Crippen LogP contribution >= 0.6 is 15.9 Å². The zero-order valence-corrected chi connectivity index (χ0v) is 9.83.